The molecule has 16 heavy (non-hydrogen) atoms. The van der Waals surface area contributed by atoms with Crippen molar-refractivity contribution in [2.75, 3.05) is 19.4 Å². The van der Waals surface area contributed by atoms with Gasteiger partial charge in [-0.05, 0) is 19.2 Å². The van der Waals surface area contributed by atoms with Gasteiger partial charge in [0, 0.05) is 18.5 Å². The number of hydrogen-bond acceptors (Lipinski definition) is 4. The topological polar surface area (TPSA) is 49.6 Å². The predicted octanol–water partition coefficient (Wildman–Crippen LogP) is 1.14. The molecule has 0 saturated heterocycles. The fourth-order valence-corrected chi connectivity index (χ4v) is 2.39. The van der Waals surface area contributed by atoms with E-state index in [1.165, 1.54) is 0 Å². The van der Waals surface area contributed by atoms with Gasteiger partial charge in [-0.15, -0.1) is 11.8 Å². The van der Waals surface area contributed by atoms with E-state index in [4.69, 9.17) is 5.11 Å². The molecule has 0 aliphatic rings. The molecular weight excluding hydrogens is 222 g/mol. The molecule has 0 spiro atoms. The Morgan fingerprint density at radius 3 is 3.12 bits per heavy atom. The van der Waals surface area contributed by atoms with Crippen molar-refractivity contribution in [3.63, 3.8) is 0 Å². The summed E-state index contributed by atoms with van der Waals surface area (Å²) in [6.07, 6.45) is 2.01. The number of nitrogens with zero attached hydrogens (tertiary/aromatic N) is 2. The second kappa shape index (κ2) is 5.34. The largest absolute Gasteiger partial charge is 0.396 e. The van der Waals surface area contributed by atoms with Gasteiger partial charge in [-0.3, -0.25) is 0 Å². The van der Waals surface area contributed by atoms with Gasteiger partial charge in [0.25, 0.3) is 0 Å². The molecule has 2 aromatic heterocycles. The number of thioether (sulfide) groups is 1. The van der Waals surface area contributed by atoms with Crippen molar-refractivity contribution in [1.29, 1.82) is 0 Å². The molecular formula is C11H15N3OS. The molecule has 4 nitrogen and oxygen atoms in total. The number of rotatable bonds is 5. The lowest BCUT2D eigenvalue weighted by molar-refractivity contribution is 0.322. The molecule has 0 aromatic carbocycles. The average molecular weight is 237 g/mol. The first-order valence-corrected chi connectivity index (χ1v) is 6.19. The van der Waals surface area contributed by atoms with Crippen molar-refractivity contribution in [2.45, 2.75) is 11.6 Å². The number of pyridine rings is 1. The Balaban J connectivity index is 2.41. The summed E-state index contributed by atoms with van der Waals surface area (Å²) in [6.45, 7) is 0.955. The van der Waals surface area contributed by atoms with Gasteiger partial charge in [-0.1, -0.05) is 6.07 Å². The number of nitrogens with one attached hydrogen (secondary N) is 1. The van der Waals surface area contributed by atoms with E-state index in [0.29, 0.717) is 5.75 Å². The second-order valence-electron chi connectivity index (χ2n) is 3.39. The SMILES string of the molecule is CNCc1c(SCCO)nc2ccccn12. The van der Waals surface area contributed by atoms with Gasteiger partial charge in [-0.25, -0.2) is 4.98 Å². The summed E-state index contributed by atoms with van der Waals surface area (Å²) in [5, 5.41) is 13.0. The zero-order valence-corrected chi connectivity index (χ0v) is 10.00. The molecule has 86 valence electrons. The number of hydrogen-bond donors (Lipinski definition) is 2. The third-order valence-electron chi connectivity index (χ3n) is 2.27. The maximum absolute atomic E-state index is 8.85. The van der Waals surface area contributed by atoms with E-state index in [2.05, 4.69) is 14.7 Å². The normalized spacial score (nSPS) is 11.1. The van der Waals surface area contributed by atoms with Crippen LogP contribution < -0.4 is 5.32 Å². The standard InChI is InChI=1S/C11H15N3OS/c1-12-8-9-11(16-7-6-15)13-10-4-2-3-5-14(9)10/h2-5,12,15H,6-8H2,1H3. The molecule has 5 heteroatoms. The van der Waals surface area contributed by atoms with E-state index in [1.807, 2.05) is 31.4 Å². The lowest BCUT2D eigenvalue weighted by Crippen LogP contribution is -2.08. The van der Waals surface area contributed by atoms with Gasteiger partial charge in [0.15, 0.2) is 0 Å². The summed E-state index contributed by atoms with van der Waals surface area (Å²) >= 11 is 1.59. The fourth-order valence-electron chi connectivity index (χ4n) is 1.61. The Morgan fingerprint density at radius 2 is 2.38 bits per heavy atom. The smallest absolute Gasteiger partial charge is 0.138 e. The van der Waals surface area contributed by atoms with Crippen LogP contribution in [-0.4, -0.2) is 33.9 Å². The van der Waals surface area contributed by atoms with E-state index in [0.717, 1.165) is 22.9 Å². The summed E-state index contributed by atoms with van der Waals surface area (Å²) in [4.78, 5) is 4.54. The Hall–Kier alpha value is -1.04. The lowest BCUT2D eigenvalue weighted by atomic mass is 10.4. The quantitative estimate of drug-likeness (QED) is 0.766. The summed E-state index contributed by atoms with van der Waals surface area (Å²) < 4.78 is 2.08. The summed E-state index contributed by atoms with van der Waals surface area (Å²) in [6, 6.07) is 5.96. The minimum absolute atomic E-state index is 0.178. The van der Waals surface area contributed by atoms with Crippen LogP contribution in [0.25, 0.3) is 5.65 Å². The number of imidazole rings is 1. The lowest BCUT2D eigenvalue weighted by Gasteiger charge is -2.02. The van der Waals surface area contributed by atoms with Gasteiger partial charge in [-0.2, -0.15) is 0 Å². The molecule has 2 N–H and O–H groups in total. The molecule has 2 aromatic rings. The monoisotopic (exact) mass is 237 g/mol. The van der Waals surface area contributed by atoms with Crippen LogP contribution in [0.5, 0.6) is 0 Å². The van der Waals surface area contributed by atoms with Crippen LogP contribution in [0.3, 0.4) is 0 Å². The molecule has 0 fully saturated rings. The molecule has 0 amide bonds. The minimum atomic E-state index is 0.178. The number of aliphatic hydroxyl groups excluding tert-OH is 1. The number of fused-ring (bicyclic) bond motifs is 1. The van der Waals surface area contributed by atoms with Gasteiger partial charge >= 0.3 is 0 Å². The van der Waals surface area contributed by atoms with Crippen LogP contribution in [0.2, 0.25) is 0 Å². The first-order chi connectivity index (χ1) is 7.86. The predicted molar refractivity (Wildman–Crippen MR) is 65.8 cm³/mol. The van der Waals surface area contributed by atoms with Crippen LogP contribution >= 0.6 is 11.8 Å². The summed E-state index contributed by atoms with van der Waals surface area (Å²) in [5.41, 5.74) is 2.10. The average Bonchev–Trinajstić information content (AvgIpc) is 2.66. The first-order valence-electron chi connectivity index (χ1n) is 5.21. The molecule has 0 unspecified atom stereocenters. The Morgan fingerprint density at radius 1 is 1.50 bits per heavy atom. The van der Waals surface area contributed by atoms with Crippen LogP contribution in [0.15, 0.2) is 29.4 Å². The summed E-state index contributed by atoms with van der Waals surface area (Å²) in [7, 11) is 1.92. The third kappa shape index (κ3) is 2.21. The van der Waals surface area contributed by atoms with Crippen molar-refractivity contribution < 1.29 is 5.11 Å². The Bertz CT molecular complexity index is 469. The highest BCUT2D eigenvalue weighted by atomic mass is 32.2. The van der Waals surface area contributed by atoms with E-state index >= 15 is 0 Å². The van der Waals surface area contributed by atoms with Crippen LogP contribution in [0.1, 0.15) is 5.69 Å². The van der Waals surface area contributed by atoms with Crippen LogP contribution in [0.4, 0.5) is 0 Å². The molecule has 2 heterocycles. The van der Waals surface area contributed by atoms with Crippen molar-refractivity contribution in [1.82, 2.24) is 14.7 Å². The fraction of sp³-hybridized carbons (Fsp3) is 0.364. The number of aromatic nitrogens is 2. The molecule has 0 radical (unpaired) electrons. The minimum Gasteiger partial charge on any atom is -0.396 e. The van der Waals surface area contributed by atoms with E-state index in [-0.39, 0.29) is 6.61 Å². The summed E-state index contributed by atoms with van der Waals surface area (Å²) in [5.74, 6) is 0.681. The van der Waals surface area contributed by atoms with Crippen LogP contribution in [-0.2, 0) is 6.54 Å². The Labute approximate surface area is 98.7 Å². The van der Waals surface area contributed by atoms with E-state index in [9.17, 15) is 0 Å². The first kappa shape index (κ1) is 11.4. The van der Waals surface area contributed by atoms with E-state index in [1.54, 1.807) is 11.8 Å². The molecule has 2 rings (SSSR count). The van der Waals surface area contributed by atoms with Crippen LogP contribution in [0, 0.1) is 0 Å². The highest BCUT2D eigenvalue weighted by molar-refractivity contribution is 7.99. The second-order valence-corrected chi connectivity index (χ2v) is 4.48. The third-order valence-corrected chi connectivity index (χ3v) is 3.25. The van der Waals surface area contributed by atoms with E-state index < -0.39 is 0 Å². The zero-order valence-electron chi connectivity index (χ0n) is 9.18. The van der Waals surface area contributed by atoms with Crippen molar-refractivity contribution >= 4 is 17.4 Å². The molecule has 0 atom stereocenters. The molecule has 0 aliphatic carbocycles. The van der Waals surface area contributed by atoms with Crippen molar-refractivity contribution in [2.24, 2.45) is 0 Å². The molecule has 0 saturated carbocycles. The van der Waals surface area contributed by atoms with Gasteiger partial charge in [0.2, 0.25) is 0 Å². The highest BCUT2D eigenvalue weighted by Crippen LogP contribution is 2.23. The van der Waals surface area contributed by atoms with Crippen molar-refractivity contribution in [3.05, 3.63) is 30.1 Å². The zero-order chi connectivity index (χ0) is 11.4. The maximum Gasteiger partial charge on any atom is 0.138 e. The maximum atomic E-state index is 8.85. The Kier molecular flexibility index (Phi) is 3.82. The van der Waals surface area contributed by atoms with Crippen molar-refractivity contribution in [3.8, 4) is 0 Å². The molecule has 0 aliphatic heterocycles. The number of aliphatic hydroxyl groups is 1. The van der Waals surface area contributed by atoms with Gasteiger partial charge in [0.05, 0.1) is 12.3 Å². The van der Waals surface area contributed by atoms with Gasteiger partial charge < -0.3 is 14.8 Å². The molecule has 0 bridgehead atoms. The van der Waals surface area contributed by atoms with Gasteiger partial charge in [0.1, 0.15) is 10.7 Å². The highest BCUT2D eigenvalue weighted by Gasteiger charge is 2.10.